The zero-order chi connectivity index (χ0) is 27.3. The summed E-state index contributed by atoms with van der Waals surface area (Å²) in [4.78, 5) is 0. The summed E-state index contributed by atoms with van der Waals surface area (Å²) in [7, 11) is -0.929. The van der Waals surface area contributed by atoms with Crippen molar-refractivity contribution in [3.8, 4) is 11.1 Å². The largest absolute Gasteiger partial charge is 0.0622 e. The lowest BCUT2D eigenvalue weighted by molar-refractivity contribution is 0.443. The van der Waals surface area contributed by atoms with Gasteiger partial charge in [-0.2, -0.15) is 0 Å². The molecule has 0 heterocycles. The molecule has 0 nitrogen and oxygen atoms in total. The second-order valence-electron chi connectivity index (χ2n) is 12.0. The minimum absolute atomic E-state index is 0.422. The van der Waals surface area contributed by atoms with Gasteiger partial charge in [0.05, 0.1) is 0 Å². The summed E-state index contributed by atoms with van der Waals surface area (Å²) in [6, 6.07) is 38.0. The van der Waals surface area contributed by atoms with E-state index < -0.39 is 15.2 Å². The molecule has 4 aromatic carbocycles. The van der Waals surface area contributed by atoms with Crippen molar-refractivity contribution >= 4 is 31.1 Å². The predicted molar refractivity (Wildman–Crippen MR) is 180 cm³/mol. The highest BCUT2D eigenvalue weighted by Crippen LogP contribution is 2.72. The summed E-state index contributed by atoms with van der Waals surface area (Å²) < 4.78 is 0. The van der Waals surface area contributed by atoms with E-state index in [1.54, 1.807) is 21.5 Å². The molecule has 4 aromatic rings. The minimum Gasteiger partial charge on any atom is -0.0622 e. The summed E-state index contributed by atoms with van der Waals surface area (Å²) in [6.45, 7) is 4.63. The molecule has 0 aliphatic heterocycles. The second-order valence-corrected chi connectivity index (χ2v) is 18.0. The van der Waals surface area contributed by atoms with E-state index in [1.165, 1.54) is 86.5 Å². The molecule has 0 aromatic heterocycles. The monoisotopic (exact) mass is 562 g/mol. The van der Waals surface area contributed by atoms with E-state index in [4.69, 9.17) is 0 Å². The first-order valence-electron chi connectivity index (χ1n) is 15.6. The summed E-state index contributed by atoms with van der Waals surface area (Å²) in [6.07, 6.45) is 13.8. The number of benzene rings is 4. The molecule has 2 aliphatic rings. The van der Waals surface area contributed by atoms with Crippen LogP contribution in [0.1, 0.15) is 86.8 Å². The highest BCUT2D eigenvalue weighted by Gasteiger charge is 2.35. The summed E-state index contributed by atoms with van der Waals surface area (Å²) in [5.41, 5.74) is 8.10. The molecule has 2 aliphatic carbocycles. The summed E-state index contributed by atoms with van der Waals surface area (Å²) in [5, 5.41) is 4.77. The lowest BCUT2D eigenvalue weighted by Gasteiger charge is -2.39. The first kappa shape index (κ1) is 27.9. The fraction of sp³-hybridized carbons (Fsp3) is 0.368. The van der Waals surface area contributed by atoms with E-state index in [1.807, 2.05) is 0 Å². The van der Waals surface area contributed by atoms with Crippen molar-refractivity contribution in [1.29, 1.82) is 0 Å². The van der Waals surface area contributed by atoms with Crippen LogP contribution in [-0.4, -0.2) is 5.66 Å². The molecule has 40 heavy (non-hydrogen) atoms. The van der Waals surface area contributed by atoms with E-state index in [0.717, 1.165) is 11.6 Å². The van der Waals surface area contributed by atoms with Crippen molar-refractivity contribution in [2.45, 2.75) is 89.6 Å². The molecule has 0 saturated heterocycles. The van der Waals surface area contributed by atoms with Crippen LogP contribution in [0.2, 0.25) is 0 Å². The van der Waals surface area contributed by atoms with Crippen LogP contribution in [0, 0.1) is 13.8 Å². The Morgan fingerprint density at radius 2 is 1.12 bits per heavy atom. The van der Waals surface area contributed by atoms with Gasteiger partial charge in [0.2, 0.25) is 0 Å². The third kappa shape index (κ3) is 6.01. The van der Waals surface area contributed by atoms with Crippen molar-refractivity contribution in [2.24, 2.45) is 0 Å². The van der Waals surface area contributed by atoms with E-state index in [2.05, 4.69) is 111 Å². The van der Waals surface area contributed by atoms with Gasteiger partial charge >= 0.3 is 0 Å². The summed E-state index contributed by atoms with van der Waals surface area (Å²) >= 11 is 0. The third-order valence-electron chi connectivity index (χ3n) is 9.26. The van der Waals surface area contributed by atoms with Gasteiger partial charge in [-0.15, -0.1) is 0 Å². The molecule has 206 valence electrons. The van der Waals surface area contributed by atoms with Gasteiger partial charge in [0.1, 0.15) is 0 Å². The van der Waals surface area contributed by atoms with E-state index in [0.29, 0.717) is 0 Å². The van der Waals surface area contributed by atoms with E-state index >= 15 is 0 Å². The Morgan fingerprint density at radius 3 is 1.82 bits per heavy atom. The molecule has 2 heteroatoms. The van der Waals surface area contributed by atoms with Crippen molar-refractivity contribution in [3.05, 3.63) is 114 Å². The van der Waals surface area contributed by atoms with E-state index in [-0.39, 0.29) is 0 Å². The van der Waals surface area contributed by atoms with Crippen LogP contribution in [-0.2, 0) is 0 Å². The van der Waals surface area contributed by atoms with Gasteiger partial charge in [-0.05, 0) is 110 Å². The normalized spacial score (nSPS) is 18.4. The molecule has 6 rings (SSSR count). The maximum absolute atomic E-state index is 2.55. The van der Waals surface area contributed by atoms with Gasteiger partial charge in [0, 0.05) is 0 Å². The predicted octanol–water partition coefficient (Wildman–Crippen LogP) is 10.5. The van der Waals surface area contributed by atoms with Crippen LogP contribution in [0.5, 0.6) is 0 Å². The quantitative estimate of drug-likeness (QED) is 0.197. The first-order valence-corrected chi connectivity index (χ1v) is 19.1. The smallest absolute Gasteiger partial charge is 0.00712 e. The van der Waals surface area contributed by atoms with Crippen LogP contribution < -0.4 is 15.9 Å². The number of hydrogen-bond donors (Lipinski definition) is 0. The Kier molecular flexibility index (Phi) is 9.17. The number of hydrogen-bond acceptors (Lipinski definition) is 0. The van der Waals surface area contributed by atoms with Crippen molar-refractivity contribution in [2.75, 3.05) is 0 Å². The van der Waals surface area contributed by atoms with Gasteiger partial charge in [-0.3, -0.25) is 0 Å². The molecule has 1 unspecified atom stereocenters. The van der Waals surface area contributed by atoms with Crippen LogP contribution >= 0.6 is 15.2 Å². The average Bonchev–Trinajstić information content (AvgIpc) is 3.02. The maximum Gasteiger partial charge on any atom is -0.00712 e. The van der Waals surface area contributed by atoms with Crippen molar-refractivity contribution in [1.82, 2.24) is 0 Å². The van der Waals surface area contributed by atoms with Gasteiger partial charge < -0.3 is 0 Å². The molecule has 2 atom stereocenters. The Balaban J connectivity index is 1.52. The lowest BCUT2D eigenvalue weighted by Crippen LogP contribution is -2.24. The van der Waals surface area contributed by atoms with Crippen molar-refractivity contribution < 1.29 is 0 Å². The molecular formula is C38H44P2. The third-order valence-corrected chi connectivity index (χ3v) is 17.6. The van der Waals surface area contributed by atoms with Gasteiger partial charge in [0.15, 0.2) is 0 Å². The molecule has 0 bridgehead atoms. The van der Waals surface area contributed by atoms with E-state index in [9.17, 15) is 0 Å². The summed E-state index contributed by atoms with van der Waals surface area (Å²) in [5.74, 6) is 0.759. The Labute approximate surface area is 245 Å². The van der Waals surface area contributed by atoms with Gasteiger partial charge in [-0.1, -0.05) is 136 Å². The minimum atomic E-state index is -0.507. The fourth-order valence-corrected chi connectivity index (χ4v) is 16.5. The van der Waals surface area contributed by atoms with Gasteiger partial charge in [-0.25, -0.2) is 0 Å². The fourth-order valence-electron chi connectivity index (χ4n) is 7.13. The molecule has 2 saturated carbocycles. The highest BCUT2D eigenvalue weighted by atomic mass is 32.1. The Morgan fingerprint density at radius 1 is 0.525 bits per heavy atom. The maximum atomic E-state index is 2.55. The zero-order valence-electron chi connectivity index (χ0n) is 24.4. The molecular weight excluding hydrogens is 518 g/mol. The number of rotatable bonds is 7. The molecule has 2 fully saturated rings. The highest BCUT2D eigenvalue weighted by molar-refractivity contribution is 8.39. The molecule has 0 N–H and O–H groups in total. The zero-order valence-corrected chi connectivity index (χ0v) is 26.1. The van der Waals surface area contributed by atoms with Crippen LogP contribution in [0.25, 0.3) is 11.1 Å². The topological polar surface area (TPSA) is 0 Å². The van der Waals surface area contributed by atoms with Crippen LogP contribution in [0.15, 0.2) is 97.1 Å². The molecule has 0 spiro atoms. The van der Waals surface area contributed by atoms with Crippen LogP contribution in [0.4, 0.5) is 0 Å². The second kappa shape index (κ2) is 13.1. The molecule has 0 amide bonds. The molecule has 0 radical (unpaired) electrons. The number of aryl methyl sites for hydroxylation is 2. The van der Waals surface area contributed by atoms with Gasteiger partial charge in [0.25, 0.3) is 0 Å². The standard InChI is InChI=1S/C38H44P2/c1-29-15-12-13-23-36(29)38-30(2)16-14-24-37(38)40(34-21-10-5-11-22-34)39(33-19-8-4-9-20-33)35-27-25-32(26-28-35)31-17-6-3-7-18-31/h4,8-9,12-16,19-20,23-28,31,34H,3,5-7,10-11,17-18,21-22H2,1-2H3/t39-,40?/m1/s1. The Bertz CT molecular complexity index is 1380. The first-order chi connectivity index (χ1) is 19.7. The SMILES string of the molecule is Cc1ccccc1-c1c(C)cccc1P(C1CCCCC1)[P@](c1ccccc1)c1ccc(C2CCCCC2)cc1. The van der Waals surface area contributed by atoms with Crippen molar-refractivity contribution in [3.63, 3.8) is 0 Å². The lowest BCUT2D eigenvalue weighted by atomic mass is 9.84. The van der Waals surface area contributed by atoms with Crippen LogP contribution in [0.3, 0.4) is 0 Å². The Hall–Kier alpha value is -2.26. The average molecular weight is 563 g/mol.